The molecule has 2 aromatic heterocycles. The van der Waals surface area contributed by atoms with E-state index < -0.39 is 42.1 Å². The second-order valence-corrected chi connectivity index (χ2v) is 6.01. The number of nitrogens with zero attached hydrogens (tertiary/aromatic N) is 4. The Labute approximate surface area is 149 Å². The van der Waals surface area contributed by atoms with E-state index >= 15 is 0 Å². The Morgan fingerprint density at radius 2 is 2.04 bits per heavy atom. The van der Waals surface area contributed by atoms with E-state index in [0.717, 1.165) is 6.08 Å². The zero-order valence-electron chi connectivity index (χ0n) is 13.3. The maximum atomic E-state index is 11.6. The van der Waals surface area contributed by atoms with Gasteiger partial charge in [0, 0.05) is 6.08 Å². The molecule has 4 rings (SSSR count). The molecule has 0 spiro atoms. The number of hydrogen-bond donors (Lipinski definition) is 5. The van der Waals surface area contributed by atoms with E-state index in [-0.39, 0.29) is 22.7 Å². The van der Waals surface area contributed by atoms with Crippen LogP contribution in [0.3, 0.4) is 0 Å². The quantitative estimate of drug-likeness (QED) is 0.386. The highest BCUT2D eigenvalue weighted by Gasteiger charge is 2.60. The molecule has 6 N–H and O–H groups in total. The standard InChI is InChI=1S/C14H13N5O8/c15-9-5-10(17-2-16-9)19(3-18-5)11-6(20)7-4(26-11)1-14(27-7,13(24)25)8(21)12(22)23/h1-3,6-8,11,20-21H,(H,22,23)(H,24,25)(H2,15,16,17)/t6-,7+,8-,11-,14-/m1/s1. The van der Waals surface area contributed by atoms with Crippen LogP contribution in [-0.4, -0.2) is 75.8 Å². The van der Waals surface area contributed by atoms with E-state index in [1.54, 1.807) is 0 Å². The molecular formula is C14H13N5O8. The second kappa shape index (κ2) is 5.60. The van der Waals surface area contributed by atoms with E-state index in [9.17, 15) is 24.9 Å². The summed E-state index contributed by atoms with van der Waals surface area (Å²) in [6.07, 6.45) is -2.89. The first-order valence-electron chi connectivity index (χ1n) is 7.59. The number of nitrogens with two attached hydrogens (primary N) is 1. The largest absolute Gasteiger partial charge is 0.479 e. The molecule has 0 saturated carbocycles. The lowest BCUT2D eigenvalue weighted by Gasteiger charge is -2.28. The highest BCUT2D eigenvalue weighted by Crippen LogP contribution is 2.44. The van der Waals surface area contributed by atoms with Gasteiger partial charge in [0.15, 0.2) is 17.6 Å². The number of nitrogen functional groups attached to an aromatic ring is 1. The fourth-order valence-electron chi connectivity index (χ4n) is 3.13. The highest BCUT2D eigenvalue weighted by atomic mass is 16.6. The van der Waals surface area contributed by atoms with Crippen LogP contribution in [0.25, 0.3) is 11.2 Å². The summed E-state index contributed by atoms with van der Waals surface area (Å²) in [6.45, 7) is 0. The highest BCUT2D eigenvalue weighted by molar-refractivity contribution is 5.90. The third-order valence-corrected chi connectivity index (χ3v) is 4.45. The molecule has 13 nitrogen and oxygen atoms in total. The minimum atomic E-state index is -2.58. The average molecular weight is 379 g/mol. The van der Waals surface area contributed by atoms with Crippen LogP contribution in [0, 0.1) is 0 Å². The zero-order valence-corrected chi connectivity index (χ0v) is 13.3. The number of ether oxygens (including phenoxy) is 2. The molecule has 27 heavy (non-hydrogen) atoms. The summed E-state index contributed by atoms with van der Waals surface area (Å²) in [6, 6.07) is 0. The Hall–Kier alpha value is -3.29. The van der Waals surface area contributed by atoms with Gasteiger partial charge in [-0.3, -0.25) is 4.57 Å². The summed E-state index contributed by atoms with van der Waals surface area (Å²) in [5.74, 6) is -3.54. The smallest absolute Gasteiger partial charge is 0.343 e. The summed E-state index contributed by atoms with van der Waals surface area (Å²) < 4.78 is 12.2. The number of aliphatic hydroxyl groups excluding tert-OH is 2. The summed E-state index contributed by atoms with van der Waals surface area (Å²) in [4.78, 5) is 34.5. The number of aliphatic hydroxyl groups is 2. The Kier molecular flexibility index (Phi) is 3.56. The van der Waals surface area contributed by atoms with Crippen molar-refractivity contribution in [1.82, 2.24) is 19.5 Å². The fourth-order valence-corrected chi connectivity index (χ4v) is 3.13. The number of rotatable bonds is 4. The second-order valence-electron chi connectivity index (χ2n) is 6.01. The third kappa shape index (κ3) is 2.26. The number of imidazole rings is 1. The Morgan fingerprint density at radius 3 is 2.67 bits per heavy atom. The van der Waals surface area contributed by atoms with Gasteiger partial charge in [-0.1, -0.05) is 0 Å². The molecule has 142 valence electrons. The molecule has 0 bridgehead atoms. The van der Waals surface area contributed by atoms with Crippen molar-refractivity contribution in [2.24, 2.45) is 0 Å². The van der Waals surface area contributed by atoms with Crippen LogP contribution in [0.15, 0.2) is 24.5 Å². The molecule has 2 aliphatic rings. The molecule has 2 aromatic rings. The van der Waals surface area contributed by atoms with Gasteiger partial charge < -0.3 is 35.6 Å². The van der Waals surface area contributed by atoms with Gasteiger partial charge in [-0.15, -0.1) is 0 Å². The van der Waals surface area contributed by atoms with Crippen molar-refractivity contribution in [3.05, 3.63) is 24.5 Å². The molecular weight excluding hydrogens is 366 g/mol. The lowest BCUT2D eigenvalue weighted by atomic mass is 9.97. The molecule has 0 amide bonds. The third-order valence-electron chi connectivity index (χ3n) is 4.45. The summed E-state index contributed by atoms with van der Waals surface area (Å²) in [5.41, 5.74) is 3.67. The molecule has 1 saturated heterocycles. The van der Waals surface area contributed by atoms with Crippen molar-refractivity contribution in [3.63, 3.8) is 0 Å². The van der Waals surface area contributed by atoms with Gasteiger partial charge in [-0.05, 0) is 0 Å². The van der Waals surface area contributed by atoms with Gasteiger partial charge in [0.1, 0.15) is 36.1 Å². The predicted molar refractivity (Wildman–Crippen MR) is 82.8 cm³/mol. The Morgan fingerprint density at radius 1 is 1.30 bits per heavy atom. The first-order chi connectivity index (χ1) is 12.8. The van der Waals surface area contributed by atoms with E-state index in [4.69, 9.17) is 20.3 Å². The molecule has 0 unspecified atom stereocenters. The van der Waals surface area contributed by atoms with Crippen LogP contribution in [0.2, 0.25) is 0 Å². The lowest BCUT2D eigenvalue weighted by molar-refractivity contribution is -0.190. The molecule has 13 heteroatoms. The average Bonchev–Trinajstić information content (AvgIpc) is 3.28. The molecule has 0 radical (unpaired) electrons. The van der Waals surface area contributed by atoms with Crippen molar-refractivity contribution < 1.29 is 39.5 Å². The van der Waals surface area contributed by atoms with Gasteiger partial charge >= 0.3 is 11.9 Å². The number of carboxylic acid groups (broad SMARTS) is 2. The van der Waals surface area contributed by atoms with E-state index in [0.29, 0.717) is 0 Å². The van der Waals surface area contributed by atoms with Crippen molar-refractivity contribution >= 4 is 28.9 Å². The van der Waals surface area contributed by atoms with Crippen LogP contribution in [-0.2, 0) is 19.1 Å². The lowest BCUT2D eigenvalue weighted by Crippen LogP contribution is -2.54. The zero-order chi connectivity index (χ0) is 19.5. The summed E-state index contributed by atoms with van der Waals surface area (Å²) in [7, 11) is 0. The van der Waals surface area contributed by atoms with Crippen molar-refractivity contribution in [3.8, 4) is 0 Å². The van der Waals surface area contributed by atoms with Gasteiger partial charge in [0.05, 0.1) is 0 Å². The maximum Gasteiger partial charge on any atom is 0.343 e. The number of aliphatic carboxylic acids is 2. The maximum absolute atomic E-state index is 11.6. The molecule has 0 aliphatic carbocycles. The van der Waals surface area contributed by atoms with Crippen molar-refractivity contribution in [2.75, 3.05) is 5.73 Å². The van der Waals surface area contributed by atoms with Crippen LogP contribution in [0.4, 0.5) is 5.82 Å². The van der Waals surface area contributed by atoms with Gasteiger partial charge in [-0.25, -0.2) is 24.5 Å². The Balaban J connectivity index is 1.72. The number of anilines is 1. The molecule has 1 fully saturated rings. The number of fused-ring (bicyclic) bond motifs is 2. The normalized spacial score (nSPS) is 30.6. The minimum absolute atomic E-state index is 0.122. The Bertz CT molecular complexity index is 989. The number of carbonyl (C=O) groups is 2. The summed E-state index contributed by atoms with van der Waals surface area (Å²) in [5, 5.41) is 38.7. The van der Waals surface area contributed by atoms with Gasteiger partial charge in [-0.2, -0.15) is 0 Å². The van der Waals surface area contributed by atoms with Crippen LogP contribution >= 0.6 is 0 Å². The van der Waals surface area contributed by atoms with E-state index in [2.05, 4.69) is 15.0 Å². The first-order valence-corrected chi connectivity index (χ1v) is 7.59. The first kappa shape index (κ1) is 17.1. The monoisotopic (exact) mass is 379 g/mol. The number of hydrogen-bond acceptors (Lipinski definition) is 10. The molecule has 2 aliphatic heterocycles. The van der Waals surface area contributed by atoms with Crippen LogP contribution in [0.5, 0.6) is 0 Å². The topological polar surface area (TPSA) is 203 Å². The minimum Gasteiger partial charge on any atom is -0.479 e. The summed E-state index contributed by atoms with van der Waals surface area (Å²) >= 11 is 0. The SMILES string of the molecule is Nc1ncnc2c1ncn2[C@@H]1OC2=C[C@](C(=O)O)([C@H](O)C(=O)O)O[C@@H]2[C@H]1O. The van der Waals surface area contributed by atoms with Crippen LogP contribution < -0.4 is 5.73 Å². The van der Waals surface area contributed by atoms with E-state index in [1.165, 1.54) is 17.2 Å². The predicted octanol–water partition coefficient (Wildman–Crippen LogP) is -2.15. The van der Waals surface area contributed by atoms with Crippen molar-refractivity contribution in [2.45, 2.75) is 30.1 Å². The molecule has 4 heterocycles. The van der Waals surface area contributed by atoms with Gasteiger partial charge in [0.25, 0.3) is 0 Å². The van der Waals surface area contributed by atoms with Crippen molar-refractivity contribution in [1.29, 1.82) is 0 Å². The number of carboxylic acids is 2. The fraction of sp³-hybridized carbons (Fsp3) is 0.357. The van der Waals surface area contributed by atoms with Gasteiger partial charge in [0.2, 0.25) is 11.8 Å². The molecule has 0 aromatic carbocycles. The van der Waals surface area contributed by atoms with Crippen LogP contribution in [0.1, 0.15) is 6.23 Å². The molecule has 5 atom stereocenters. The number of aromatic nitrogens is 4. The van der Waals surface area contributed by atoms with E-state index in [1.807, 2.05) is 0 Å².